The number of hydrogen-bond donors (Lipinski definition) is 1. The lowest BCUT2D eigenvalue weighted by Crippen LogP contribution is -2.35. The van der Waals surface area contributed by atoms with Crippen LogP contribution >= 0.6 is 0 Å². The number of carbonyl (C=O) groups excluding carboxylic acids is 1. The fourth-order valence-electron chi connectivity index (χ4n) is 2.19. The molecule has 19 heavy (non-hydrogen) atoms. The number of amides is 1. The summed E-state index contributed by atoms with van der Waals surface area (Å²) in [6.45, 7) is 8.42. The number of carbonyl (C=O) groups is 1. The maximum atomic E-state index is 11.1. The molecule has 4 nitrogen and oxygen atoms in total. The first-order chi connectivity index (χ1) is 8.81. The Balaban J connectivity index is 2.37. The highest BCUT2D eigenvalue weighted by Gasteiger charge is 2.21. The average molecular weight is 259 g/mol. The van der Waals surface area contributed by atoms with Gasteiger partial charge in [0.15, 0.2) is 0 Å². The number of hydrogen-bond acceptors (Lipinski definition) is 2. The molecule has 0 saturated carbocycles. The molecule has 1 N–H and O–H groups in total. The van der Waals surface area contributed by atoms with Gasteiger partial charge in [0.2, 0.25) is 5.91 Å². The van der Waals surface area contributed by atoms with E-state index < -0.39 is 0 Å². The van der Waals surface area contributed by atoms with Gasteiger partial charge in [0.1, 0.15) is 5.82 Å². The van der Waals surface area contributed by atoms with Gasteiger partial charge in [0.25, 0.3) is 0 Å². The number of fused-ring (bicyclic) bond motifs is 1. The topological polar surface area (TPSA) is 46.9 Å². The van der Waals surface area contributed by atoms with Crippen LogP contribution in [0.1, 0.15) is 32.2 Å². The molecule has 0 unspecified atom stereocenters. The molecule has 0 atom stereocenters. The van der Waals surface area contributed by atoms with E-state index in [1.807, 2.05) is 14.0 Å². The largest absolute Gasteiger partial charge is 0.355 e. The Bertz CT molecular complexity index is 626. The van der Waals surface area contributed by atoms with E-state index in [1.54, 1.807) is 6.92 Å². The highest BCUT2D eigenvalue weighted by molar-refractivity contribution is 5.77. The normalized spacial score (nSPS) is 11.8. The summed E-state index contributed by atoms with van der Waals surface area (Å²) in [6, 6.07) is 6.33. The van der Waals surface area contributed by atoms with Crippen molar-refractivity contribution in [1.29, 1.82) is 0 Å². The first-order valence-electron chi connectivity index (χ1n) is 6.49. The Morgan fingerprint density at radius 1 is 1.42 bits per heavy atom. The molecule has 1 aromatic heterocycles. The predicted molar refractivity (Wildman–Crippen MR) is 77.2 cm³/mol. The van der Waals surface area contributed by atoms with E-state index in [2.05, 4.69) is 46.9 Å². The van der Waals surface area contributed by atoms with Crippen LogP contribution < -0.4 is 5.32 Å². The van der Waals surface area contributed by atoms with Gasteiger partial charge in [-0.3, -0.25) is 4.79 Å². The number of nitrogens with zero attached hydrogens (tertiary/aromatic N) is 2. The molecule has 1 amide bonds. The summed E-state index contributed by atoms with van der Waals surface area (Å²) in [5, 5.41) is 2.88. The molecular formula is C15H21N3O. The van der Waals surface area contributed by atoms with Crippen LogP contribution in [-0.2, 0) is 17.3 Å². The van der Waals surface area contributed by atoms with E-state index >= 15 is 0 Å². The number of nitrogens with one attached hydrogen (secondary N) is 1. The van der Waals surface area contributed by atoms with Crippen LogP contribution in [0.3, 0.4) is 0 Å². The first-order valence-corrected chi connectivity index (χ1v) is 6.49. The van der Waals surface area contributed by atoms with E-state index in [9.17, 15) is 4.79 Å². The monoisotopic (exact) mass is 259 g/mol. The maximum Gasteiger partial charge on any atom is 0.216 e. The van der Waals surface area contributed by atoms with Gasteiger partial charge in [-0.1, -0.05) is 19.9 Å². The van der Waals surface area contributed by atoms with Crippen LogP contribution in [0.15, 0.2) is 18.2 Å². The summed E-state index contributed by atoms with van der Waals surface area (Å²) in [4.78, 5) is 15.6. The lowest BCUT2D eigenvalue weighted by atomic mass is 9.84. The molecule has 0 saturated heterocycles. The Hall–Kier alpha value is -1.84. The van der Waals surface area contributed by atoms with Gasteiger partial charge in [-0.2, -0.15) is 0 Å². The lowest BCUT2D eigenvalue weighted by Gasteiger charge is -2.25. The van der Waals surface area contributed by atoms with E-state index in [1.165, 1.54) is 5.56 Å². The second-order valence-electron chi connectivity index (χ2n) is 5.72. The molecule has 0 aliphatic carbocycles. The standard InChI is InChI=1S/C15H21N3O/c1-10-17-13-8-12(6-7-14(13)18(10)5)15(3,4)9-16-11(2)19/h6-8H,9H2,1-5H3,(H,16,19). The molecule has 0 aliphatic rings. The SMILES string of the molecule is CC(=O)NCC(C)(C)c1ccc2c(c1)nc(C)n2C. The number of aryl methyl sites for hydroxylation is 2. The van der Waals surface area contributed by atoms with Crippen LogP contribution in [-0.4, -0.2) is 22.0 Å². The van der Waals surface area contributed by atoms with Crippen LogP contribution in [0.4, 0.5) is 0 Å². The second-order valence-corrected chi connectivity index (χ2v) is 5.72. The lowest BCUT2D eigenvalue weighted by molar-refractivity contribution is -0.119. The average Bonchev–Trinajstić information content (AvgIpc) is 2.62. The van der Waals surface area contributed by atoms with Gasteiger partial charge in [0.05, 0.1) is 11.0 Å². The molecule has 102 valence electrons. The Kier molecular flexibility index (Phi) is 3.35. The van der Waals surface area contributed by atoms with Gasteiger partial charge >= 0.3 is 0 Å². The van der Waals surface area contributed by atoms with Crippen molar-refractivity contribution in [1.82, 2.24) is 14.9 Å². The third-order valence-electron chi connectivity index (χ3n) is 3.67. The fourth-order valence-corrected chi connectivity index (χ4v) is 2.19. The molecule has 2 rings (SSSR count). The number of benzene rings is 1. The van der Waals surface area contributed by atoms with Crippen LogP contribution in [0, 0.1) is 6.92 Å². The summed E-state index contributed by atoms with van der Waals surface area (Å²) in [6.07, 6.45) is 0. The molecule has 1 aromatic carbocycles. The highest BCUT2D eigenvalue weighted by atomic mass is 16.1. The van der Waals surface area contributed by atoms with Crippen molar-refractivity contribution in [3.8, 4) is 0 Å². The summed E-state index contributed by atoms with van der Waals surface area (Å²) >= 11 is 0. The van der Waals surface area contributed by atoms with E-state index in [-0.39, 0.29) is 11.3 Å². The highest BCUT2D eigenvalue weighted by Crippen LogP contribution is 2.26. The van der Waals surface area contributed by atoms with Crippen LogP contribution in [0.5, 0.6) is 0 Å². The van der Waals surface area contributed by atoms with Crippen molar-refractivity contribution < 1.29 is 4.79 Å². The molecule has 0 spiro atoms. The minimum absolute atomic E-state index is 0.00262. The van der Waals surface area contributed by atoms with Gasteiger partial charge in [-0.25, -0.2) is 4.98 Å². The fraction of sp³-hybridized carbons (Fsp3) is 0.467. The first kappa shape index (κ1) is 13.6. The minimum atomic E-state index is -0.106. The number of imidazole rings is 1. The zero-order valence-corrected chi connectivity index (χ0v) is 12.2. The molecule has 0 radical (unpaired) electrons. The number of aromatic nitrogens is 2. The Labute approximate surface area is 113 Å². The van der Waals surface area contributed by atoms with E-state index in [0.717, 1.165) is 16.9 Å². The smallest absolute Gasteiger partial charge is 0.216 e. The summed E-state index contributed by atoms with van der Waals surface area (Å²) < 4.78 is 2.08. The Morgan fingerprint density at radius 3 is 2.74 bits per heavy atom. The predicted octanol–water partition coefficient (Wildman–Crippen LogP) is 2.30. The third-order valence-corrected chi connectivity index (χ3v) is 3.67. The molecule has 0 aliphatic heterocycles. The van der Waals surface area contributed by atoms with Crippen molar-refractivity contribution in [2.45, 2.75) is 33.1 Å². The van der Waals surface area contributed by atoms with Crippen molar-refractivity contribution in [2.75, 3.05) is 6.54 Å². The molecule has 0 fully saturated rings. The number of rotatable bonds is 3. The van der Waals surface area contributed by atoms with Crippen LogP contribution in [0.25, 0.3) is 11.0 Å². The van der Waals surface area contributed by atoms with Crippen molar-refractivity contribution in [3.63, 3.8) is 0 Å². The van der Waals surface area contributed by atoms with Crippen molar-refractivity contribution in [3.05, 3.63) is 29.6 Å². The van der Waals surface area contributed by atoms with Gasteiger partial charge in [-0.15, -0.1) is 0 Å². The molecule has 1 heterocycles. The minimum Gasteiger partial charge on any atom is -0.355 e. The molecule has 2 aromatic rings. The van der Waals surface area contributed by atoms with Crippen LogP contribution in [0.2, 0.25) is 0 Å². The molecular weight excluding hydrogens is 238 g/mol. The molecule has 4 heteroatoms. The van der Waals surface area contributed by atoms with Crippen molar-refractivity contribution >= 4 is 16.9 Å². The zero-order valence-electron chi connectivity index (χ0n) is 12.2. The Morgan fingerprint density at radius 2 is 2.11 bits per heavy atom. The quantitative estimate of drug-likeness (QED) is 0.919. The van der Waals surface area contributed by atoms with Gasteiger partial charge < -0.3 is 9.88 Å². The van der Waals surface area contributed by atoms with E-state index in [4.69, 9.17) is 0 Å². The zero-order chi connectivity index (χ0) is 14.2. The van der Waals surface area contributed by atoms with Gasteiger partial charge in [-0.05, 0) is 24.6 Å². The van der Waals surface area contributed by atoms with Crippen molar-refractivity contribution in [2.24, 2.45) is 7.05 Å². The summed E-state index contributed by atoms with van der Waals surface area (Å²) in [5.74, 6) is 1.01. The third kappa shape index (κ3) is 2.62. The molecule has 0 bridgehead atoms. The second kappa shape index (κ2) is 4.68. The summed E-state index contributed by atoms with van der Waals surface area (Å²) in [7, 11) is 2.02. The summed E-state index contributed by atoms with van der Waals surface area (Å²) in [5.41, 5.74) is 3.22. The van der Waals surface area contributed by atoms with E-state index in [0.29, 0.717) is 6.54 Å². The van der Waals surface area contributed by atoms with Gasteiger partial charge in [0, 0.05) is 25.9 Å². The maximum absolute atomic E-state index is 11.1.